The fourth-order valence-electron chi connectivity index (χ4n) is 3.29. The number of sulfonamides is 1. The van der Waals surface area contributed by atoms with Crippen molar-refractivity contribution >= 4 is 26.9 Å². The smallest absolute Gasteiger partial charge is 0.263 e. The second kappa shape index (κ2) is 10.1. The molecule has 0 amide bonds. The molecular formula is C25H22N4O3S. The van der Waals surface area contributed by atoms with Crippen LogP contribution in [0.25, 0.3) is 11.0 Å². The Morgan fingerprint density at radius 1 is 0.848 bits per heavy atom. The molecule has 0 bridgehead atoms. The lowest BCUT2D eigenvalue weighted by Gasteiger charge is -2.13. The van der Waals surface area contributed by atoms with Crippen LogP contribution in [0.5, 0.6) is 5.88 Å². The summed E-state index contributed by atoms with van der Waals surface area (Å²) in [6.07, 6.45) is 2.65. The van der Waals surface area contributed by atoms with E-state index in [9.17, 15) is 8.42 Å². The third kappa shape index (κ3) is 5.64. The zero-order chi connectivity index (χ0) is 23.1. The van der Waals surface area contributed by atoms with Crippen molar-refractivity contribution in [3.8, 4) is 11.9 Å². The fourth-order valence-corrected chi connectivity index (χ4v) is 4.29. The number of hydrogen-bond donors (Lipinski definition) is 1. The van der Waals surface area contributed by atoms with E-state index in [0.717, 1.165) is 19.3 Å². The van der Waals surface area contributed by atoms with Gasteiger partial charge in [0.25, 0.3) is 15.9 Å². The van der Waals surface area contributed by atoms with Crippen LogP contribution >= 0.6 is 0 Å². The number of para-hydroxylation sites is 2. The molecule has 4 rings (SSSR count). The maximum Gasteiger partial charge on any atom is 0.263 e. The fraction of sp³-hybridized carbons (Fsp3) is 0.160. The Bertz CT molecular complexity index is 1380. The summed E-state index contributed by atoms with van der Waals surface area (Å²) in [5.41, 5.74) is 2.79. The summed E-state index contributed by atoms with van der Waals surface area (Å²) in [4.78, 5) is 8.94. The van der Waals surface area contributed by atoms with Gasteiger partial charge in [0, 0.05) is 0 Å². The maximum absolute atomic E-state index is 12.9. The largest absolute Gasteiger partial charge is 0.475 e. The van der Waals surface area contributed by atoms with Gasteiger partial charge in [0.05, 0.1) is 34.2 Å². The standard InChI is InChI=1S/C25H22N4O3S/c26-18-20-13-15-21(16-14-20)33(30,31)29-24-25(28-23-12-5-4-11-22(23)27-24)32-17-7-6-10-19-8-2-1-3-9-19/h1-5,8-9,11-16H,6-7,10,17H2,(H,27,29). The molecular weight excluding hydrogens is 436 g/mol. The average Bonchev–Trinajstić information content (AvgIpc) is 2.84. The van der Waals surface area contributed by atoms with E-state index in [1.54, 1.807) is 18.2 Å². The maximum atomic E-state index is 12.9. The number of unbranched alkanes of at least 4 members (excludes halogenated alkanes) is 1. The molecule has 3 aromatic carbocycles. The van der Waals surface area contributed by atoms with Gasteiger partial charge in [0.15, 0.2) is 0 Å². The van der Waals surface area contributed by atoms with Crippen LogP contribution in [0.1, 0.15) is 24.0 Å². The summed E-state index contributed by atoms with van der Waals surface area (Å²) in [7, 11) is -3.94. The number of aromatic nitrogens is 2. The van der Waals surface area contributed by atoms with Crippen LogP contribution in [0.2, 0.25) is 0 Å². The van der Waals surface area contributed by atoms with E-state index in [-0.39, 0.29) is 16.6 Å². The van der Waals surface area contributed by atoms with E-state index in [0.29, 0.717) is 23.2 Å². The molecule has 8 heteroatoms. The summed E-state index contributed by atoms with van der Waals surface area (Å²) >= 11 is 0. The minimum absolute atomic E-state index is 0.0188. The number of rotatable bonds is 9. The first-order valence-corrected chi connectivity index (χ1v) is 12.0. The molecule has 33 heavy (non-hydrogen) atoms. The van der Waals surface area contributed by atoms with Gasteiger partial charge in [-0.3, -0.25) is 4.72 Å². The van der Waals surface area contributed by atoms with Gasteiger partial charge in [0.1, 0.15) is 0 Å². The second-order valence-corrected chi connectivity index (χ2v) is 9.08. The number of benzene rings is 3. The van der Waals surface area contributed by atoms with Crippen molar-refractivity contribution in [2.24, 2.45) is 0 Å². The van der Waals surface area contributed by atoms with E-state index in [2.05, 4.69) is 26.8 Å². The summed E-state index contributed by atoms with van der Waals surface area (Å²) in [6, 6.07) is 25.0. The highest BCUT2D eigenvalue weighted by atomic mass is 32.2. The van der Waals surface area contributed by atoms with Crippen LogP contribution in [0.3, 0.4) is 0 Å². The van der Waals surface area contributed by atoms with Gasteiger partial charge < -0.3 is 4.74 Å². The van der Waals surface area contributed by atoms with Crippen LogP contribution in [-0.4, -0.2) is 25.0 Å². The predicted octanol–water partition coefficient (Wildman–Crippen LogP) is 4.70. The van der Waals surface area contributed by atoms with Gasteiger partial charge in [-0.25, -0.2) is 18.4 Å². The van der Waals surface area contributed by atoms with Crippen molar-refractivity contribution in [3.63, 3.8) is 0 Å². The van der Waals surface area contributed by atoms with E-state index >= 15 is 0 Å². The molecule has 166 valence electrons. The van der Waals surface area contributed by atoms with Gasteiger partial charge in [-0.05, 0) is 61.2 Å². The molecule has 0 saturated heterocycles. The Hall–Kier alpha value is -3.96. The zero-order valence-corrected chi connectivity index (χ0v) is 18.6. The van der Waals surface area contributed by atoms with E-state index < -0.39 is 10.0 Å². The normalized spacial score (nSPS) is 11.1. The predicted molar refractivity (Wildman–Crippen MR) is 126 cm³/mol. The van der Waals surface area contributed by atoms with Crippen LogP contribution < -0.4 is 9.46 Å². The van der Waals surface area contributed by atoms with Crippen LogP contribution in [0, 0.1) is 11.3 Å². The highest BCUT2D eigenvalue weighted by Gasteiger charge is 2.19. The Morgan fingerprint density at radius 2 is 1.52 bits per heavy atom. The topological polar surface area (TPSA) is 105 Å². The average molecular weight is 459 g/mol. The number of aryl methyl sites for hydroxylation is 1. The Kier molecular flexibility index (Phi) is 6.81. The first-order chi connectivity index (χ1) is 16.0. The molecule has 0 unspecified atom stereocenters. The van der Waals surface area contributed by atoms with Crippen molar-refractivity contribution in [2.45, 2.75) is 24.2 Å². The zero-order valence-electron chi connectivity index (χ0n) is 17.8. The third-order valence-corrected chi connectivity index (χ3v) is 6.36. The van der Waals surface area contributed by atoms with Crippen molar-refractivity contribution in [1.82, 2.24) is 9.97 Å². The summed E-state index contributed by atoms with van der Waals surface area (Å²) in [5.74, 6) is 0.159. The first-order valence-electron chi connectivity index (χ1n) is 10.5. The Labute approximate surface area is 192 Å². The van der Waals surface area contributed by atoms with E-state index in [4.69, 9.17) is 10.00 Å². The molecule has 0 spiro atoms. The second-order valence-electron chi connectivity index (χ2n) is 7.40. The summed E-state index contributed by atoms with van der Waals surface area (Å²) in [6.45, 7) is 0.380. The molecule has 0 saturated carbocycles. The molecule has 0 atom stereocenters. The van der Waals surface area contributed by atoms with Crippen molar-refractivity contribution in [2.75, 3.05) is 11.3 Å². The van der Waals surface area contributed by atoms with Gasteiger partial charge >= 0.3 is 0 Å². The van der Waals surface area contributed by atoms with Crippen molar-refractivity contribution in [3.05, 3.63) is 90.0 Å². The molecule has 1 aromatic heterocycles. The molecule has 7 nitrogen and oxygen atoms in total. The van der Waals surface area contributed by atoms with Gasteiger partial charge in [-0.2, -0.15) is 5.26 Å². The lowest BCUT2D eigenvalue weighted by atomic mass is 10.1. The molecule has 0 aliphatic carbocycles. The Balaban J connectivity index is 1.51. The van der Waals surface area contributed by atoms with Crippen LogP contribution in [-0.2, 0) is 16.4 Å². The number of nitrogens with zero attached hydrogens (tertiary/aromatic N) is 3. The molecule has 0 radical (unpaired) electrons. The van der Waals surface area contributed by atoms with Crippen molar-refractivity contribution < 1.29 is 13.2 Å². The quantitative estimate of drug-likeness (QED) is 0.364. The Morgan fingerprint density at radius 3 is 2.21 bits per heavy atom. The van der Waals surface area contributed by atoms with Crippen molar-refractivity contribution in [1.29, 1.82) is 5.26 Å². The molecule has 0 aliphatic rings. The number of hydrogen-bond acceptors (Lipinski definition) is 6. The SMILES string of the molecule is N#Cc1ccc(S(=O)(=O)Nc2nc3ccccc3nc2OCCCCc2ccccc2)cc1. The molecule has 1 N–H and O–H groups in total. The van der Waals surface area contributed by atoms with Gasteiger partial charge in [0.2, 0.25) is 5.82 Å². The number of fused-ring (bicyclic) bond motifs is 1. The molecule has 1 heterocycles. The number of nitriles is 1. The highest BCUT2D eigenvalue weighted by Crippen LogP contribution is 2.26. The number of anilines is 1. The monoisotopic (exact) mass is 458 g/mol. The summed E-state index contributed by atoms with van der Waals surface area (Å²) < 4.78 is 34.2. The van der Waals surface area contributed by atoms with Crippen LogP contribution in [0.4, 0.5) is 5.82 Å². The molecule has 0 aliphatic heterocycles. The first kappa shape index (κ1) is 22.2. The minimum atomic E-state index is -3.94. The lowest BCUT2D eigenvalue weighted by molar-refractivity contribution is 0.297. The minimum Gasteiger partial charge on any atom is -0.475 e. The lowest BCUT2D eigenvalue weighted by Crippen LogP contribution is -2.16. The van der Waals surface area contributed by atoms with Gasteiger partial charge in [-0.1, -0.05) is 42.5 Å². The van der Waals surface area contributed by atoms with E-state index in [1.165, 1.54) is 29.8 Å². The summed E-state index contributed by atoms with van der Waals surface area (Å²) in [5, 5.41) is 8.94. The molecule has 4 aromatic rings. The third-order valence-electron chi connectivity index (χ3n) is 5.00. The highest BCUT2D eigenvalue weighted by molar-refractivity contribution is 7.92. The number of ether oxygens (including phenoxy) is 1. The number of nitrogens with one attached hydrogen (secondary N) is 1. The van der Waals surface area contributed by atoms with Crippen LogP contribution in [0.15, 0.2) is 83.8 Å². The molecule has 0 fully saturated rings. The van der Waals surface area contributed by atoms with E-state index in [1.807, 2.05) is 30.3 Å². The van der Waals surface area contributed by atoms with Gasteiger partial charge in [-0.15, -0.1) is 0 Å².